The Morgan fingerprint density at radius 2 is 2.08 bits per heavy atom. The highest BCUT2D eigenvalue weighted by atomic mass is 19.4. The van der Waals surface area contributed by atoms with Crippen molar-refractivity contribution in [3.05, 3.63) is 23.9 Å². The van der Waals surface area contributed by atoms with E-state index in [-0.39, 0.29) is 24.4 Å². The number of aliphatic carboxylic acids is 1. The number of pyridine rings is 1. The third-order valence-electron chi connectivity index (χ3n) is 4.04. The maximum absolute atomic E-state index is 12.6. The summed E-state index contributed by atoms with van der Waals surface area (Å²) in [6.45, 7) is 2.38. The Kier molecular flexibility index (Phi) is 5.83. The first-order valence-electron chi connectivity index (χ1n) is 7.75. The number of anilines is 1. The fraction of sp³-hybridized carbons (Fsp3) is 0.533. The Hall–Kier alpha value is -2.36. The maximum atomic E-state index is 12.6. The number of alkyl halides is 3. The van der Waals surface area contributed by atoms with Crippen LogP contribution < -0.4 is 10.6 Å². The van der Waals surface area contributed by atoms with Crippen LogP contribution in [-0.4, -0.2) is 52.2 Å². The summed E-state index contributed by atoms with van der Waals surface area (Å²) in [4.78, 5) is 28.1. The van der Waals surface area contributed by atoms with E-state index >= 15 is 0 Å². The molecule has 0 aromatic carbocycles. The molecular weight excluding hydrogens is 341 g/mol. The van der Waals surface area contributed by atoms with E-state index in [0.29, 0.717) is 19.4 Å². The molecule has 7 nitrogen and oxygen atoms in total. The lowest BCUT2D eigenvalue weighted by Gasteiger charge is -2.42. The fourth-order valence-electron chi connectivity index (χ4n) is 2.69. The number of hydrogen-bond acceptors (Lipinski definition) is 4. The van der Waals surface area contributed by atoms with Crippen LogP contribution in [0.4, 0.5) is 23.8 Å². The Morgan fingerprint density at radius 3 is 2.64 bits per heavy atom. The number of carboxylic acids is 1. The number of nitrogens with zero attached hydrogens (tertiary/aromatic N) is 2. The fourth-order valence-corrected chi connectivity index (χ4v) is 2.69. The Morgan fingerprint density at radius 1 is 1.40 bits per heavy atom. The molecular formula is C15H19F3N4O3. The zero-order valence-electron chi connectivity index (χ0n) is 13.5. The second kappa shape index (κ2) is 7.68. The highest BCUT2D eigenvalue weighted by Crippen LogP contribution is 2.30. The van der Waals surface area contributed by atoms with Crippen LogP contribution in [0.3, 0.4) is 0 Å². The molecule has 10 heteroatoms. The van der Waals surface area contributed by atoms with Gasteiger partial charge in [-0.05, 0) is 31.5 Å². The van der Waals surface area contributed by atoms with Gasteiger partial charge in [-0.1, -0.05) is 6.92 Å². The summed E-state index contributed by atoms with van der Waals surface area (Å²) in [5.41, 5.74) is -0.895. The normalized spacial score (nSPS) is 20.0. The average molecular weight is 360 g/mol. The number of hydrogen-bond donors (Lipinski definition) is 3. The van der Waals surface area contributed by atoms with Crippen molar-refractivity contribution in [2.75, 3.05) is 18.4 Å². The standard InChI is InChI=1S/C15H19F3N4O3/c1-2-22(8-13(23)24)11-6-10(7-11)20-14(25)21-12-5-9(3-4-19-12)15(16,17)18/h3-5,10-11H,2,6-8H2,1H3,(H,23,24)(H2,19,20,21,25). The molecule has 25 heavy (non-hydrogen) atoms. The van der Waals surface area contributed by atoms with Crippen LogP contribution in [0.1, 0.15) is 25.3 Å². The van der Waals surface area contributed by atoms with Crippen molar-refractivity contribution in [2.24, 2.45) is 0 Å². The maximum Gasteiger partial charge on any atom is 0.416 e. The summed E-state index contributed by atoms with van der Waals surface area (Å²) in [6.07, 6.45) is -2.36. The number of amides is 2. The summed E-state index contributed by atoms with van der Waals surface area (Å²) in [5.74, 6) is -1.10. The van der Waals surface area contributed by atoms with Crippen molar-refractivity contribution in [2.45, 2.75) is 38.0 Å². The topological polar surface area (TPSA) is 94.6 Å². The number of carbonyl (C=O) groups excluding carboxylic acids is 1. The highest BCUT2D eigenvalue weighted by Gasteiger charge is 2.35. The van der Waals surface area contributed by atoms with E-state index < -0.39 is 23.7 Å². The molecule has 0 aliphatic heterocycles. The van der Waals surface area contributed by atoms with Gasteiger partial charge in [-0.3, -0.25) is 15.0 Å². The predicted molar refractivity (Wildman–Crippen MR) is 83.1 cm³/mol. The molecule has 1 fully saturated rings. The summed E-state index contributed by atoms with van der Waals surface area (Å²) >= 11 is 0. The molecule has 1 aromatic rings. The summed E-state index contributed by atoms with van der Waals surface area (Å²) in [7, 11) is 0. The van der Waals surface area contributed by atoms with Crippen LogP contribution in [0.25, 0.3) is 0 Å². The molecule has 2 amide bonds. The van der Waals surface area contributed by atoms with Crippen molar-refractivity contribution >= 4 is 17.8 Å². The number of carbonyl (C=O) groups is 2. The third-order valence-corrected chi connectivity index (χ3v) is 4.04. The molecule has 3 N–H and O–H groups in total. The third kappa shape index (κ3) is 5.31. The van der Waals surface area contributed by atoms with Gasteiger partial charge in [0, 0.05) is 18.3 Å². The van der Waals surface area contributed by atoms with Gasteiger partial charge in [0.25, 0.3) is 0 Å². The Labute approximate surface area is 142 Å². The Balaban J connectivity index is 1.82. The van der Waals surface area contributed by atoms with Gasteiger partial charge in [0.2, 0.25) is 0 Å². The van der Waals surface area contributed by atoms with Crippen LogP contribution in [-0.2, 0) is 11.0 Å². The number of rotatable bonds is 6. The van der Waals surface area contributed by atoms with Gasteiger partial charge < -0.3 is 10.4 Å². The van der Waals surface area contributed by atoms with Crippen molar-refractivity contribution in [3.63, 3.8) is 0 Å². The van der Waals surface area contributed by atoms with Gasteiger partial charge in [-0.15, -0.1) is 0 Å². The van der Waals surface area contributed by atoms with Crippen LogP contribution in [0.15, 0.2) is 18.3 Å². The van der Waals surface area contributed by atoms with Crippen LogP contribution in [0, 0.1) is 0 Å². The average Bonchev–Trinajstić information content (AvgIpc) is 2.47. The molecule has 0 saturated heterocycles. The quantitative estimate of drug-likeness (QED) is 0.723. The van der Waals surface area contributed by atoms with E-state index in [0.717, 1.165) is 18.3 Å². The van der Waals surface area contributed by atoms with Gasteiger partial charge in [0.1, 0.15) is 5.82 Å². The number of aromatic nitrogens is 1. The van der Waals surface area contributed by atoms with Crippen LogP contribution >= 0.6 is 0 Å². The van der Waals surface area contributed by atoms with Gasteiger partial charge in [-0.25, -0.2) is 9.78 Å². The zero-order valence-corrected chi connectivity index (χ0v) is 13.5. The lowest BCUT2D eigenvalue weighted by atomic mass is 9.85. The molecule has 0 unspecified atom stereocenters. The van der Waals surface area contributed by atoms with Gasteiger partial charge >= 0.3 is 18.2 Å². The minimum Gasteiger partial charge on any atom is -0.480 e. The van der Waals surface area contributed by atoms with Crippen molar-refractivity contribution in [3.8, 4) is 0 Å². The predicted octanol–water partition coefficient (Wildman–Crippen LogP) is 2.16. The lowest BCUT2D eigenvalue weighted by molar-refractivity contribution is -0.139. The van der Waals surface area contributed by atoms with Crippen molar-refractivity contribution < 1.29 is 27.9 Å². The molecule has 1 aliphatic rings. The first-order chi connectivity index (χ1) is 11.7. The minimum absolute atomic E-state index is 0.0613. The van der Waals surface area contributed by atoms with Crippen molar-refractivity contribution in [1.82, 2.24) is 15.2 Å². The van der Waals surface area contributed by atoms with Crippen molar-refractivity contribution in [1.29, 1.82) is 0 Å². The Bertz CT molecular complexity index is 633. The van der Waals surface area contributed by atoms with E-state index in [2.05, 4.69) is 15.6 Å². The number of carboxylic acid groups (broad SMARTS) is 1. The smallest absolute Gasteiger partial charge is 0.416 e. The monoisotopic (exact) mass is 360 g/mol. The molecule has 138 valence electrons. The van der Waals surface area contributed by atoms with E-state index in [1.54, 1.807) is 4.90 Å². The highest BCUT2D eigenvalue weighted by molar-refractivity contribution is 5.88. The molecule has 1 aromatic heterocycles. The van der Waals surface area contributed by atoms with Gasteiger partial charge in [0.05, 0.1) is 12.1 Å². The molecule has 0 atom stereocenters. The SMILES string of the molecule is CCN(CC(=O)O)C1CC(NC(=O)Nc2cc(C(F)(F)F)ccn2)C1. The van der Waals surface area contributed by atoms with Crippen LogP contribution in [0.5, 0.6) is 0 Å². The molecule has 2 rings (SSSR count). The minimum atomic E-state index is -4.51. The molecule has 1 saturated carbocycles. The van der Waals surface area contributed by atoms with Gasteiger partial charge in [-0.2, -0.15) is 13.2 Å². The molecule has 0 spiro atoms. The number of likely N-dealkylation sites (N-methyl/N-ethyl adjacent to an activating group) is 1. The van der Waals surface area contributed by atoms with E-state index in [4.69, 9.17) is 5.11 Å². The lowest BCUT2D eigenvalue weighted by Crippen LogP contribution is -2.55. The summed E-state index contributed by atoms with van der Waals surface area (Å²) in [6, 6.07) is 0.851. The number of halogens is 3. The molecule has 0 bridgehead atoms. The summed E-state index contributed by atoms with van der Waals surface area (Å²) in [5, 5.41) is 13.7. The second-order valence-electron chi connectivity index (χ2n) is 5.80. The zero-order chi connectivity index (χ0) is 18.6. The van der Waals surface area contributed by atoms with E-state index in [1.807, 2.05) is 6.92 Å². The second-order valence-corrected chi connectivity index (χ2v) is 5.80. The van der Waals surface area contributed by atoms with Crippen LogP contribution in [0.2, 0.25) is 0 Å². The van der Waals surface area contributed by atoms with E-state index in [9.17, 15) is 22.8 Å². The summed E-state index contributed by atoms with van der Waals surface area (Å²) < 4.78 is 37.9. The molecule has 0 radical (unpaired) electrons. The van der Waals surface area contributed by atoms with E-state index in [1.165, 1.54) is 0 Å². The number of nitrogens with one attached hydrogen (secondary N) is 2. The first-order valence-corrected chi connectivity index (χ1v) is 7.75. The number of urea groups is 1. The molecule has 1 aliphatic carbocycles. The first kappa shape index (κ1) is 19.0. The van der Waals surface area contributed by atoms with Gasteiger partial charge in [0.15, 0.2) is 0 Å². The molecule has 1 heterocycles. The largest absolute Gasteiger partial charge is 0.480 e.